The molecule has 0 radical (unpaired) electrons. The van der Waals surface area contributed by atoms with Crippen molar-refractivity contribution in [2.45, 2.75) is 20.3 Å². The molecule has 0 bridgehead atoms. The van der Waals surface area contributed by atoms with Crippen LogP contribution >= 0.6 is 11.6 Å². The van der Waals surface area contributed by atoms with Crippen LogP contribution < -0.4 is 16.7 Å². The third kappa shape index (κ3) is 4.10. The van der Waals surface area contributed by atoms with Gasteiger partial charge in [0.1, 0.15) is 0 Å². The van der Waals surface area contributed by atoms with Gasteiger partial charge in [0.25, 0.3) is 0 Å². The first-order chi connectivity index (χ1) is 10.2. The molecule has 2 nitrogen and oxygen atoms in total. The van der Waals surface area contributed by atoms with Crippen LogP contribution in [0.3, 0.4) is 0 Å². The van der Waals surface area contributed by atoms with Crippen LogP contribution in [-0.2, 0) is 11.1 Å². The zero-order valence-electron chi connectivity index (χ0n) is 12.6. The molecule has 0 spiro atoms. The van der Waals surface area contributed by atoms with Gasteiger partial charge in [-0.2, -0.15) is 0 Å². The van der Waals surface area contributed by atoms with E-state index in [0.717, 1.165) is 27.9 Å². The van der Waals surface area contributed by atoms with Gasteiger partial charge in [-0.1, -0.05) is 54.9 Å². The highest BCUT2D eigenvalue weighted by Crippen LogP contribution is 2.12. The molecule has 0 aliphatic heterocycles. The zero-order chi connectivity index (χ0) is 15.2. The van der Waals surface area contributed by atoms with Crippen LogP contribution in [-0.4, -0.2) is 20.1 Å². The maximum Gasteiger partial charge on any atom is 0.361 e. The van der Waals surface area contributed by atoms with Gasteiger partial charge in [0.05, 0.1) is 0 Å². The first-order valence-corrected chi connectivity index (χ1v) is 7.70. The molecular formula is C17H21BClNO. The Labute approximate surface area is 132 Å². The van der Waals surface area contributed by atoms with Gasteiger partial charge in [0.2, 0.25) is 0 Å². The lowest BCUT2D eigenvalue weighted by Gasteiger charge is -2.16. The first-order valence-electron chi connectivity index (χ1n) is 7.32. The summed E-state index contributed by atoms with van der Waals surface area (Å²) in [5.41, 5.74) is 10.2. The van der Waals surface area contributed by atoms with Crippen molar-refractivity contribution in [3.63, 3.8) is 0 Å². The molecule has 0 amide bonds. The molecule has 0 heterocycles. The van der Waals surface area contributed by atoms with Gasteiger partial charge in [0, 0.05) is 18.2 Å². The molecule has 0 aliphatic carbocycles. The lowest BCUT2D eigenvalue weighted by Crippen LogP contribution is -2.46. The Hall–Kier alpha value is -1.29. The van der Waals surface area contributed by atoms with E-state index in [1.54, 1.807) is 0 Å². The van der Waals surface area contributed by atoms with Crippen LogP contribution in [0.25, 0.3) is 0 Å². The molecule has 0 saturated heterocycles. The highest BCUT2D eigenvalue weighted by molar-refractivity contribution is 6.80. The Balaban J connectivity index is 2.33. The second kappa shape index (κ2) is 7.65. The second-order valence-corrected chi connectivity index (χ2v) is 5.55. The highest BCUT2D eigenvalue weighted by Gasteiger charge is 2.21. The van der Waals surface area contributed by atoms with E-state index in [4.69, 9.17) is 22.0 Å². The predicted molar refractivity (Wildman–Crippen MR) is 92.0 cm³/mol. The third-order valence-corrected chi connectivity index (χ3v) is 4.00. The number of aryl methyl sites for hydroxylation is 2. The summed E-state index contributed by atoms with van der Waals surface area (Å²) < 4.78 is 5.95. The van der Waals surface area contributed by atoms with Crippen molar-refractivity contribution in [1.29, 1.82) is 0 Å². The molecule has 4 heteroatoms. The largest absolute Gasteiger partial charge is 0.426 e. The molecule has 2 aromatic rings. The van der Waals surface area contributed by atoms with Gasteiger partial charge in [0.15, 0.2) is 0 Å². The molecule has 2 N–H and O–H groups in total. The topological polar surface area (TPSA) is 35.2 Å². The van der Waals surface area contributed by atoms with E-state index in [1.165, 1.54) is 5.56 Å². The van der Waals surface area contributed by atoms with E-state index in [9.17, 15) is 0 Å². The number of hydrogen-bond donors (Lipinski definition) is 1. The maximum atomic E-state index is 6.25. The van der Waals surface area contributed by atoms with Crippen molar-refractivity contribution >= 4 is 29.4 Å². The lowest BCUT2D eigenvalue weighted by atomic mass is 9.55. The molecular weight excluding hydrogens is 280 g/mol. The van der Waals surface area contributed by atoms with Crippen LogP contribution in [0.4, 0.5) is 0 Å². The van der Waals surface area contributed by atoms with Crippen molar-refractivity contribution in [3.05, 3.63) is 58.6 Å². The van der Waals surface area contributed by atoms with Crippen molar-refractivity contribution in [3.8, 4) is 0 Å². The first kappa shape index (κ1) is 16.1. The molecule has 0 saturated carbocycles. The normalized spacial score (nSPS) is 10.7. The van der Waals surface area contributed by atoms with Gasteiger partial charge < -0.3 is 10.4 Å². The van der Waals surface area contributed by atoms with Gasteiger partial charge in [-0.25, -0.2) is 0 Å². The number of benzene rings is 2. The van der Waals surface area contributed by atoms with E-state index in [-0.39, 0.29) is 6.92 Å². The second-order valence-electron chi connectivity index (χ2n) is 5.14. The standard InChI is InChI=1S/C17H21BClNO/c1-3-14-5-8-15(9-6-14)18(21-11-10-20)16-7-4-13(2)17(19)12-16/h4-9,12H,3,10-11,20H2,1-2H3. The fraction of sp³-hybridized carbons (Fsp3) is 0.294. The Bertz CT molecular complexity index is 586. The van der Waals surface area contributed by atoms with Crippen LogP contribution in [0, 0.1) is 6.92 Å². The van der Waals surface area contributed by atoms with Gasteiger partial charge in [-0.05, 0) is 41.5 Å². The van der Waals surface area contributed by atoms with Crippen LogP contribution in [0.15, 0.2) is 42.5 Å². The predicted octanol–water partition coefficient (Wildman–Crippen LogP) is 2.29. The fourth-order valence-corrected chi connectivity index (χ4v) is 2.46. The average molecular weight is 302 g/mol. The number of rotatable bonds is 6. The molecule has 2 rings (SSSR count). The smallest absolute Gasteiger partial charge is 0.361 e. The summed E-state index contributed by atoms with van der Waals surface area (Å²) in [6.45, 7) is 5.04. The Kier molecular flexibility index (Phi) is 5.86. The summed E-state index contributed by atoms with van der Waals surface area (Å²) in [5.74, 6) is 0. The molecule has 0 atom stereocenters. The van der Waals surface area contributed by atoms with Crippen molar-refractivity contribution in [2.24, 2.45) is 5.73 Å². The van der Waals surface area contributed by atoms with Gasteiger partial charge >= 0.3 is 6.92 Å². The van der Waals surface area contributed by atoms with Gasteiger partial charge in [-0.15, -0.1) is 0 Å². The summed E-state index contributed by atoms with van der Waals surface area (Å²) in [6, 6.07) is 14.6. The average Bonchev–Trinajstić information content (AvgIpc) is 2.51. The van der Waals surface area contributed by atoms with Crippen molar-refractivity contribution in [2.75, 3.05) is 13.2 Å². The van der Waals surface area contributed by atoms with E-state index >= 15 is 0 Å². The minimum atomic E-state index is -0.127. The van der Waals surface area contributed by atoms with E-state index in [0.29, 0.717) is 13.2 Å². The third-order valence-electron chi connectivity index (χ3n) is 3.59. The summed E-state index contributed by atoms with van der Waals surface area (Å²) in [6.07, 6.45) is 1.03. The number of halogens is 1. The molecule has 110 valence electrons. The van der Waals surface area contributed by atoms with Crippen LogP contribution in [0.1, 0.15) is 18.1 Å². The highest BCUT2D eigenvalue weighted by atomic mass is 35.5. The molecule has 0 unspecified atom stereocenters. The molecule has 0 aromatic heterocycles. The number of hydrogen-bond acceptors (Lipinski definition) is 2. The summed E-state index contributed by atoms with van der Waals surface area (Å²) in [7, 11) is 0. The Morgan fingerprint density at radius 1 is 1.10 bits per heavy atom. The molecule has 2 aromatic carbocycles. The quantitative estimate of drug-likeness (QED) is 0.831. The number of nitrogens with two attached hydrogens (primary N) is 1. The van der Waals surface area contributed by atoms with E-state index < -0.39 is 0 Å². The molecule has 0 aliphatic rings. The van der Waals surface area contributed by atoms with E-state index in [2.05, 4.69) is 37.3 Å². The maximum absolute atomic E-state index is 6.25. The Morgan fingerprint density at radius 3 is 2.33 bits per heavy atom. The SMILES string of the molecule is CCc1ccc(B(OCCN)c2ccc(C)c(Cl)c2)cc1. The fourth-order valence-electron chi connectivity index (χ4n) is 2.27. The summed E-state index contributed by atoms with van der Waals surface area (Å²) in [5, 5.41) is 0.763. The van der Waals surface area contributed by atoms with Crippen molar-refractivity contribution < 1.29 is 4.65 Å². The van der Waals surface area contributed by atoms with Crippen LogP contribution in [0.2, 0.25) is 5.02 Å². The lowest BCUT2D eigenvalue weighted by molar-refractivity contribution is 0.344. The van der Waals surface area contributed by atoms with Crippen molar-refractivity contribution in [1.82, 2.24) is 0 Å². The minimum Gasteiger partial charge on any atom is -0.426 e. The summed E-state index contributed by atoms with van der Waals surface area (Å²) in [4.78, 5) is 0. The van der Waals surface area contributed by atoms with Crippen LogP contribution in [0.5, 0.6) is 0 Å². The molecule has 21 heavy (non-hydrogen) atoms. The zero-order valence-corrected chi connectivity index (χ0v) is 13.4. The van der Waals surface area contributed by atoms with Gasteiger partial charge in [-0.3, -0.25) is 0 Å². The monoisotopic (exact) mass is 301 g/mol. The van der Waals surface area contributed by atoms with E-state index in [1.807, 2.05) is 19.1 Å². The minimum absolute atomic E-state index is 0.127. The molecule has 0 fully saturated rings. The summed E-state index contributed by atoms with van der Waals surface area (Å²) >= 11 is 6.25. The Morgan fingerprint density at radius 2 is 1.76 bits per heavy atom.